The second-order valence-electron chi connectivity index (χ2n) is 11.8. The molecule has 4 N–H and O–H groups in total. The fourth-order valence-electron chi connectivity index (χ4n) is 5.52. The lowest BCUT2D eigenvalue weighted by atomic mass is 9.88. The van der Waals surface area contributed by atoms with Crippen LogP contribution in [-0.4, -0.2) is 75.0 Å². The van der Waals surface area contributed by atoms with Crippen molar-refractivity contribution in [2.45, 2.75) is 77.9 Å². The van der Waals surface area contributed by atoms with Crippen LogP contribution < -0.4 is 10.6 Å². The molecule has 0 spiro atoms. The molecule has 1 heterocycles. The molecule has 1 saturated heterocycles. The van der Waals surface area contributed by atoms with Gasteiger partial charge in [0.25, 0.3) is 0 Å². The highest BCUT2D eigenvalue weighted by Crippen LogP contribution is 2.31. The zero-order chi connectivity index (χ0) is 30.5. The Kier molecular flexibility index (Phi) is 10.0. The first-order valence-electron chi connectivity index (χ1n) is 13.9. The van der Waals surface area contributed by atoms with E-state index in [0.29, 0.717) is 36.2 Å². The van der Waals surface area contributed by atoms with Gasteiger partial charge in [-0.25, -0.2) is 4.79 Å². The Morgan fingerprint density at radius 3 is 2.22 bits per heavy atom. The van der Waals surface area contributed by atoms with Gasteiger partial charge in [-0.1, -0.05) is 30.3 Å². The van der Waals surface area contributed by atoms with Gasteiger partial charge in [-0.05, 0) is 75.4 Å². The number of likely N-dealkylation sites (tertiary alicyclic amines) is 1. The van der Waals surface area contributed by atoms with E-state index in [4.69, 9.17) is 0 Å². The minimum absolute atomic E-state index is 0.0675. The molecular formula is C31H42N4O6. The summed E-state index contributed by atoms with van der Waals surface area (Å²) in [6.45, 7) is 11.0. The summed E-state index contributed by atoms with van der Waals surface area (Å²) in [5.74, 6) is -1.44. The SMILES string of the molecule is CC(=O)NC(CC(=O)N1CCC(NC(=O)C(CN(C(=O)O)C(C)(C)C)c2c(C)cc(O)cc2C)C1)c1ccccc1. The van der Waals surface area contributed by atoms with E-state index in [0.717, 1.165) is 5.56 Å². The van der Waals surface area contributed by atoms with Crippen LogP contribution in [0.2, 0.25) is 0 Å². The summed E-state index contributed by atoms with van der Waals surface area (Å²) in [5, 5.41) is 25.9. The Morgan fingerprint density at radius 1 is 1.07 bits per heavy atom. The van der Waals surface area contributed by atoms with Crippen molar-refractivity contribution >= 4 is 23.8 Å². The molecule has 41 heavy (non-hydrogen) atoms. The lowest BCUT2D eigenvalue weighted by Gasteiger charge is -2.36. The molecule has 0 aliphatic carbocycles. The molecule has 2 aromatic carbocycles. The molecule has 3 atom stereocenters. The summed E-state index contributed by atoms with van der Waals surface area (Å²) in [4.78, 5) is 53.9. The quantitative estimate of drug-likeness (QED) is 0.364. The number of hydrogen-bond donors (Lipinski definition) is 4. The summed E-state index contributed by atoms with van der Waals surface area (Å²) in [7, 11) is 0. The van der Waals surface area contributed by atoms with Gasteiger partial charge in [0.1, 0.15) is 5.75 Å². The van der Waals surface area contributed by atoms with Gasteiger partial charge in [-0.2, -0.15) is 0 Å². The normalized spacial score (nSPS) is 16.5. The van der Waals surface area contributed by atoms with Crippen molar-refractivity contribution in [1.82, 2.24) is 20.4 Å². The number of nitrogens with one attached hydrogen (secondary N) is 2. The Morgan fingerprint density at radius 2 is 1.68 bits per heavy atom. The number of carboxylic acid groups (broad SMARTS) is 1. The summed E-state index contributed by atoms with van der Waals surface area (Å²) < 4.78 is 0. The number of rotatable bonds is 9. The van der Waals surface area contributed by atoms with Gasteiger partial charge in [0.2, 0.25) is 17.7 Å². The van der Waals surface area contributed by atoms with Gasteiger partial charge in [0, 0.05) is 38.1 Å². The Labute approximate surface area is 241 Å². The van der Waals surface area contributed by atoms with Crippen molar-refractivity contribution in [2.24, 2.45) is 0 Å². The number of aryl methyl sites for hydroxylation is 2. The topological polar surface area (TPSA) is 139 Å². The smallest absolute Gasteiger partial charge is 0.407 e. The zero-order valence-corrected chi connectivity index (χ0v) is 24.7. The average molecular weight is 567 g/mol. The molecule has 1 aliphatic heterocycles. The average Bonchev–Trinajstić information content (AvgIpc) is 3.32. The van der Waals surface area contributed by atoms with E-state index in [1.54, 1.807) is 51.7 Å². The molecule has 1 aliphatic rings. The van der Waals surface area contributed by atoms with Crippen LogP contribution in [0.5, 0.6) is 5.75 Å². The van der Waals surface area contributed by atoms with E-state index in [2.05, 4.69) is 10.6 Å². The van der Waals surface area contributed by atoms with Crippen molar-refractivity contribution in [3.8, 4) is 5.75 Å². The number of carbonyl (C=O) groups is 4. The molecule has 222 valence electrons. The largest absolute Gasteiger partial charge is 0.508 e. The third-order valence-electron chi connectivity index (χ3n) is 7.49. The zero-order valence-electron chi connectivity index (χ0n) is 24.7. The number of phenols is 1. The molecule has 2 aromatic rings. The van der Waals surface area contributed by atoms with Gasteiger partial charge in [-0.15, -0.1) is 0 Å². The summed E-state index contributed by atoms with van der Waals surface area (Å²) in [6, 6.07) is 11.7. The van der Waals surface area contributed by atoms with Crippen LogP contribution in [0.4, 0.5) is 4.79 Å². The maximum absolute atomic E-state index is 13.8. The third-order valence-corrected chi connectivity index (χ3v) is 7.49. The van der Waals surface area contributed by atoms with Crippen LogP contribution in [0.15, 0.2) is 42.5 Å². The van der Waals surface area contributed by atoms with Crippen LogP contribution in [0, 0.1) is 13.8 Å². The van der Waals surface area contributed by atoms with Crippen LogP contribution in [0.25, 0.3) is 0 Å². The first kappa shape index (κ1) is 31.4. The van der Waals surface area contributed by atoms with Gasteiger partial charge >= 0.3 is 6.09 Å². The van der Waals surface area contributed by atoms with E-state index in [-0.39, 0.29) is 42.5 Å². The number of nitrogens with zero attached hydrogens (tertiary/aromatic N) is 2. The minimum Gasteiger partial charge on any atom is -0.508 e. The second-order valence-corrected chi connectivity index (χ2v) is 11.8. The highest BCUT2D eigenvalue weighted by Gasteiger charge is 2.36. The molecule has 0 aromatic heterocycles. The molecule has 0 radical (unpaired) electrons. The van der Waals surface area contributed by atoms with Gasteiger partial charge in [0.15, 0.2) is 0 Å². The number of phenolic OH excluding ortho intramolecular Hbond substituents is 1. The molecule has 3 rings (SSSR count). The van der Waals surface area contributed by atoms with E-state index in [9.17, 15) is 29.4 Å². The Hall–Kier alpha value is -4.08. The lowest BCUT2D eigenvalue weighted by molar-refractivity contribution is -0.131. The predicted molar refractivity (Wildman–Crippen MR) is 156 cm³/mol. The van der Waals surface area contributed by atoms with Crippen LogP contribution >= 0.6 is 0 Å². The Balaban J connectivity index is 1.77. The Bertz CT molecular complexity index is 1250. The predicted octanol–water partition coefficient (Wildman–Crippen LogP) is 3.86. The molecule has 0 saturated carbocycles. The second kappa shape index (κ2) is 13.1. The fraction of sp³-hybridized carbons (Fsp3) is 0.484. The van der Waals surface area contributed by atoms with Gasteiger partial charge in [-0.3, -0.25) is 14.4 Å². The van der Waals surface area contributed by atoms with Crippen LogP contribution in [0.3, 0.4) is 0 Å². The lowest BCUT2D eigenvalue weighted by Crippen LogP contribution is -2.50. The molecule has 10 nitrogen and oxygen atoms in total. The van der Waals surface area contributed by atoms with Gasteiger partial charge in [0.05, 0.1) is 18.4 Å². The first-order valence-corrected chi connectivity index (χ1v) is 13.9. The summed E-state index contributed by atoms with van der Waals surface area (Å²) >= 11 is 0. The maximum Gasteiger partial charge on any atom is 0.407 e. The van der Waals surface area contributed by atoms with Crippen LogP contribution in [0.1, 0.15) is 74.8 Å². The number of amides is 4. The molecule has 3 unspecified atom stereocenters. The van der Waals surface area contributed by atoms with E-state index in [1.165, 1.54) is 11.8 Å². The molecule has 4 amide bonds. The molecule has 0 bridgehead atoms. The van der Waals surface area contributed by atoms with E-state index >= 15 is 0 Å². The summed E-state index contributed by atoms with van der Waals surface area (Å²) in [5.41, 5.74) is 2.14. The van der Waals surface area contributed by atoms with E-state index < -0.39 is 23.6 Å². The van der Waals surface area contributed by atoms with E-state index in [1.807, 2.05) is 30.3 Å². The standard InChI is InChI=1S/C31H42N4O6/c1-19-14-24(37)15-20(2)28(19)25(18-35(30(40)41)31(4,5)6)29(39)33-23-12-13-34(17-23)27(38)16-26(32-21(3)36)22-10-8-7-9-11-22/h7-11,14-15,23,25-26,37H,12-13,16-18H2,1-6H3,(H,32,36)(H,33,39)(H,40,41). The van der Waals surface area contributed by atoms with Crippen molar-refractivity contribution in [3.05, 3.63) is 64.7 Å². The molecule has 1 fully saturated rings. The monoisotopic (exact) mass is 566 g/mol. The van der Waals surface area contributed by atoms with Crippen molar-refractivity contribution < 1.29 is 29.4 Å². The van der Waals surface area contributed by atoms with Crippen molar-refractivity contribution in [2.75, 3.05) is 19.6 Å². The van der Waals surface area contributed by atoms with Gasteiger partial charge < -0.3 is 30.6 Å². The third kappa shape index (κ3) is 8.22. The van der Waals surface area contributed by atoms with Crippen molar-refractivity contribution in [3.63, 3.8) is 0 Å². The minimum atomic E-state index is -1.13. The highest BCUT2D eigenvalue weighted by molar-refractivity contribution is 5.86. The fourth-order valence-corrected chi connectivity index (χ4v) is 5.52. The number of aromatic hydroxyl groups is 1. The summed E-state index contributed by atoms with van der Waals surface area (Å²) in [6.07, 6.45) is -0.484. The number of hydrogen-bond acceptors (Lipinski definition) is 5. The number of carbonyl (C=O) groups excluding carboxylic acids is 3. The van der Waals surface area contributed by atoms with Crippen LogP contribution in [-0.2, 0) is 14.4 Å². The number of benzene rings is 2. The van der Waals surface area contributed by atoms with Crippen molar-refractivity contribution in [1.29, 1.82) is 0 Å². The first-order chi connectivity index (χ1) is 19.2. The molecular weight excluding hydrogens is 524 g/mol. The molecule has 10 heteroatoms. The highest BCUT2D eigenvalue weighted by atomic mass is 16.4. The maximum atomic E-state index is 13.8.